The molecular weight excluding hydrogens is 341 g/mol. The third-order valence-electron chi connectivity index (χ3n) is 2.95. The van der Waals surface area contributed by atoms with Crippen molar-refractivity contribution in [2.45, 2.75) is 6.92 Å². The van der Waals surface area contributed by atoms with Crippen LogP contribution in [0.5, 0.6) is 0 Å². The van der Waals surface area contributed by atoms with Crippen LogP contribution in [-0.2, 0) is 0 Å². The second-order valence-corrected chi connectivity index (χ2v) is 5.34. The van der Waals surface area contributed by atoms with E-state index >= 15 is 0 Å². The van der Waals surface area contributed by atoms with E-state index in [4.69, 9.17) is 4.52 Å². The number of carbonyl (C=O) groups is 1. The SMILES string of the molecule is Cc1noc2ncc(C(=O)Nc3ccc(Br)cc3F)cc12. The number of nitrogens with one attached hydrogen (secondary N) is 1. The van der Waals surface area contributed by atoms with Crippen LogP contribution in [0.1, 0.15) is 16.1 Å². The Bertz CT molecular complexity index is 847. The zero-order chi connectivity index (χ0) is 15.0. The van der Waals surface area contributed by atoms with Crippen molar-refractivity contribution in [3.05, 3.63) is 52.0 Å². The maximum Gasteiger partial charge on any atom is 0.257 e. The quantitative estimate of drug-likeness (QED) is 0.766. The lowest BCUT2D eigenvalue weighted by Crippen LogP contribution is -2.13. The Balaban J connectivity index is 1.91. The third-order valence-corrected chi connectivity index (χ3v) is 3.44. The van der Waals surface area contributed by atoms with Gasteiger partial charge in [0.2, 0.25) is 0 Å². The van der Waals surface area contributed by atoms with Crippen LogP contribution in [0.4, 0.5) is 10.1 Å². The Hall–Kier alpha value is -2.28. The Kier molecular flexibility index (Phi) is 3.42. The summed E-state index contributed by atoms with van der Waals surface area (Å²) in [6.45, 7) is 1.75. The van der Waals surface area contributed by atoms with Crippen molar-refractivity contribution >= 4 is 38.6 Å². The summed E-state index contributed by atoms with van der Waals surface area (Å²) in [6.07, 6.45) is 1.36. The Morgan fingerprint density at radius 1 is 1.38 bits per heavy atom. The van der Waals surface area contributed by atoms with Gasteiger partial charge < -0.3 is 9.84 Å². The number of pyridine rings is 1. The van der Waals surface area contributed by atoms with Crippen LogP contribution in [0.3, 0.4) is 0 Å². The molecule has 0 aliphatic rings. The van der Waals surface area contributed by atoms with Gasteiger partial charge in [0.15, 0.2) is 0 Å². The molecule has 0 unspecified atom stereocenters. The van der Waals surface area contributed by atoms with E-state index in [9.17, 15) is 9.18 Å². The highest BCUT2D eigenvalue weighted by molar-refractivity contribution is 9.10. The fourth-order valence-electron chi connectivity index (χ4n) is 1.85. The predicted molar refractivity (Wildman–Crippen MR) is 78.6 cm³/mol. The third kappa shape index (κ3) is 2.64. The van der Waals surface area contributed by atoms with E-state index in [1.54, 1.807) is 19.1 Å². The number of anilines is 1. The minimum Gasteiger partial charge on any atom is -0.336 e. The highest BCUT2D eigenvalue weighted by Gasteiger charge is 2.13. The summed E-state index contributed by atoms with van der Waals surface area (Å²) in [6, 6.07) is 6.01. The summed E-state index contributed by atoms with van der Waals surface area (Å²) in [7, 11) is 0. The summed E-state index contributed by atoms with van der Waals surface area (Å²) >= 11 is 3.16. The fraction of sp³-hybridized carbons (Fsp3) is 0.0714. The van der Waals surface area contributed by atoms with Crippen molar-refractivity contribution in [2.24, 2.45) is 0 Å². The van der Waals surface area contributed by atoms with Crippen molar-refractivity contribution in [3.63, 3.8) is 0 Å². The van der Waals surface area contributed by atoms with E-state index in [1.807, 2.05) is 0 Å². The van der Waals surface area contributed by atoms with Gasteiger partial charge in [-0.1, -0.05) is 21.1 Å². The van der Waals surface area contributed by atoms with Crippen LogP contribution in [0, 0.1) is 12.7 Å². The Morgan fingerprint density at radius 2 is 2.19 bits per heavy atom. The zero-order valence-electron chi connectivity index (χ0n) is 10.9. The van der Waals surface area contributed by atoms with Gasteiger partial charge in [-0.2, -0.15) is 0 Å². The molecule has 0 aliphatic heterocycles. The molecule has 21 heavy (non-hydrogen) atoms. The molecule has 0 aliphatic carbocycles. The van der Waals surface area contributed by atoms with Gasteiger partial charge in [0.1, 0.15) is 5.82 Å². The average Bonchev–Trinajstić information content (AvgIpc) is 2.83. The predicted octanol–water partition coefficient (Wildman–Crippen LogP) is 3.69. The van der Waals surface area contributed by atoms with Gasteiger partial charge in [-0.05, 0) is 31.2 Å². The van der Waals surface area contributed by atoms with Crippen molar-refractivity contribution in [1.82, 2.24) is 10.1 Å². The molecule has 0 bridgehead atoms. The van der Waals surface area contributed by atoms with E-state index in [2.05, 4.69) is 31.4 Å². The molecular formula is C14H9BrFN3O2. The van der Waals surface area contributed by atoms with Gasteiger partial charge in [-0.3, -0.25) is 4.79 Å². The second kappa shape index (κ2) is 5.25. The number of halogens is 2. The molecule has 7 heteroatoms. The maximum atomic E-state index is 13.7. The molecule has 2 heterocycles. The maximum absolute atomic E-state index is 13.7. The largest absolute Gasteiger partial charge is 0.336 e. The molecule has 3 aromatic rings. The molecule has 1 amide bonds. The van der Waals surface area contributed by atoms with Gasteiger partial charge in [0.05, 0.1) is 22.3 Å². The fourth-order valence-corrected chi connectivity index (χ4v) is 2.19. The standard InChI is InChI=1S/C14H9BrFN3O2/c1-7-10-4-8(6-17-14(10)21-19-7)13(20)18-12-3-2-9(15)5-11(12)16/h2-6H,1H3,(H,18,20). The van der Waals surface area contributed by atoms with Gasteiger partial charge in [0, 0.05) is 10.7 Å². The van der Waals surface area contributed by atoms with Crippen LogP contribution in [-0.4, -0.2) is 16.0 Å². The molecule has 0 spiro atoms. The first-order valence-electron chi connectivity index (χ1n) is 6.03. The number of benzene rings is 1. The highest BCUT2D eigenvalue weighted by Crippen LogP contribution is 2.21. The van der Waals surface area contributed by atoms with E-state index < -0.39 is 11.7 Å². The van der Waals surface area contributed by atoms with Crippen molar-refractivity contribution in [3.8, 4) is 0 Å². The smallest absolute Gasteiger partial charge is 0.257 e. The van der Waals surface area contributed by atoms with Crippen LogP contribution in [0.25, 0.3) is 11.1 Å². The highest BCUT2D eigenvalue weighted by atomic mass is 79.9. The minimum absolute atomic E-state index is 0.102. The van der Waals surface area contributed by atoms with E-state index in [1.165, 1.54) is 18.3 Å². The zero-order valence-corrected chi connectivity index (χ0v) is 12.4. The van der Waals surface area contributed by atoms with Crippen molar-refractivity contribution in [2.75, 3.05) is 5.32 Å². The number of hydrogen-bond acceptors (Lipinski definition) is 4. The lowest BCUT2D eigenvalue weighted by Gasteiger charge is -2.06. The molecule has 0 radical (unpaired) electrons. The second-order valence-electron chi connectivity index (χ2n) is 4.42. The number of carbonyl (C=O) groups excluding carboxylic acids is 1. The van der Waals surface area contributed by atoms with E-state index in [0.717, 1.165) is 0 Å². The van der Waals surface area contributed by atoms with E-state index in [0.29, 0.717) is 26.8 Å². The molecule has 106 valence electrons. The number of nitrogens with zero attached hydrogens (tertiary/aromatic N) is 2. The Labute approximate surface area is 127 Å². The number of hydrogen-bond donors (Lipinski definition) is 1. The summed E-state index contributed by atoms with van der Waals surface area (Å²) in [5, 5.41) is 6.93. The van der Waals surface area contributed by atoms with Crippen molar-refractivity contribution < 1.29 is 13.7 Å². The molecule has 5 nitrogen and oxygen atoms in total. The average molecular weight is 350 g/mol. The number of aryl methyl sites for hydroxylation is 1. The molecule has 1 aromatic carbocycles. The lowest BCUT2D eigenvalue weighted by molar-refractivity contribution is 0.102. The molecule has 1 N–H and O–H groups in total. The first kappa shape index (κ1) is 13.7. The van der Waals surface area contributed by atoms with Crippen molar-refractivity contribution in [1.29, 1.82) is 0 Å². The van der Waals surface area contributed by atoms with Crippen LogP contribution in [0.15, 0.2) is 39.5 Å². The molecule has 0 fully saturated rings. The monoisotopic (exact) mass is 349 g/mol. The molecule has 0 saturated carbocycles. The minimum atomic E-state index is -0.520. The summed E-state index contributed by atoms with van der Waals surface area (Å²) < 4.78 is 19.3. The lowest BCUT2D eigenvalue weighted by atomic mass is 10.2. The van der Waals surface area contributed by atoms with Gasteiger partial charge in [-0.15, -0.1) is 0 Å². The first-order chi connectivity index (χ1) is 10.0. The summed E-state index contributed by atoms with van der Waals surface area (Å²) in [5.74, 6) is -0.973. The number of fused-ring (bicyclic) bond motifs is 1. The first-order valence-corrected chi connectivity index (χ1v) is 6.82. The summed E-state index contributed by atoms with van der Waals surface area (Å²) in [5.41, 5.74) is 1.40. The van der Waals surface area contributed by atoms with E-state index in [-0.39, 0.29) is 5.69 Å². The summed E-state index contributed by atoms with van der Waals surface area (Å²) in [4.78, 5) is 16.2. The van der Waals surface area contributed by atoms with Gasteiger partial charge >= 0.3 is 0 Å². The van der Waals surface area contributed by atoms with Gasteiger partial charge in [0.25, 0.3) is 11.6 Å². The normalized spacial score (nSPS) is 10.8. The molecule has 0 saturated heterocycles. The molecule has 2 aromatic heterocycles. The number of aromatic nitrogens is 2. The topological polar surface area (TPSA) is 68.0 Å². The van der Waals surface area contributed by atoms with Gasteiger partial charge in [-0.25, -0.2) is 9.37 Å². The van der Waals surface area contributed by atoms with Crippen LogP contribution < -0.4 is 5.32 Å². The van der Waals surface area contributed by atoms with Crippen LogP contribution >= 0.6 is 15.9 Å². The molecule has 3 rings (SSSR count). The Morgan fingerprint density at radius 3 is 2.95 bits per heavy atom. The number of amides is 1. The van der Waals surface area contributed by atoms with Crippen LogP contribution in [0.2, 0.25) is 0 Å². The molecule has 0 atom stereocenters. The number of rotatable bonds is 2.